The first kappa shape index (κ1) is 17.4. The molecule has 0 radical (unpaired) electrons. The van der Waals surface area contributed by atoms with Crippen molar-refractivity contribution in [3.63, 3.8) is 0 Å². The van der Waals surface area contributed by atoms with E-state index in [0.29, 0.717) is 18.0 Å². The first-order chi connectivity index (χ1) is 10.9. The minimum Gasteiger partial charge on any atom is -0.466 e. The molecule has 5 nitrogen and oxygen atoms in total. The van der Waals surface area contributed by atoms with Crippen molar-refractivity contribution in [2.45, 2.75) is 40.7 Å². The first-order valence-corrected chi connectivity index (χ1v) is 8.58. The second-order valence-electron chi connectivity index (χ2n) is 5.67. The average Bonchev–Trinajstić information content (AvgIpc) is 2.81. The van der Waals surface area contributed by atoms with Crippen LogP contribution < -0.4 is 4.80 Å². The van der Waals surface area contributed by atoms with Gasteiger partial charge >= 0.3 is 5.97 Å². The Bertz CT molecular complexity index is 787. The van der Waals surface area contributed by atoms with Crippen LogP contribution in [-0.4, -0.2) is 23.1 Å². The highest BCUT2D eigenvalue weighted by atomic mass is 32.1. The molecule has 0 aliphatic heterocycles. The SMILES string of the molecule is CCOC(=O)CCn1c(=NC(=O)C(C)C)sc2cc(C)ccc21. The van der Waals surface area contributed by atoms with E-state index < -0.39 is 0 Å². The lowest BCUT2D eigenvalue weighted by atomic mass is 10.2. The second-order valence-corrected chi connectivity index (χ2v) is 6.68. The normalized spacial score (nSPS) is 12.1. The molecule has 2 aromatic rings. The highest BCUT2D eigenvalue weighted by molar-refractivity contribution is 7.16. The molecule has 23 heavy (non-hydrogen) atoms. The molecule has 0 N–H and O–H groups in total. The number of esters is 1. The van der Waals surface area contributed by atoms with E-state index in [4.69, 9.17) is 4.74 Å². The van der Waals surface area contributed by atoms with Gasteiger partial charge < -0.3 is 9.30 Å². The van der Waals surface area contributed by atoms with Crippen LogP contribution >= 0.6 is 11.3 Å². The van der Waals surface area contributed by atoms with Crippen molar-refractivity contribution < 1.29 is 14.3 Å². The van der Waals surface area contributed by atoms with Gasteiger partial charge in [0.15, 0.2) is 4.80 Å². The number of aromatic nitrogens is 1. The van der Waals surface area contributed by atoms with Gasteiger partial charge in [0.1, 0.15) is 0 Å². The van der Waals surface area contributed by atoms with Gasteiger partial charge in [0.25, 0.3) is 5.91 Å². The van der Waals surface area contributed by atoms with Gasteiger partial charge in [0.2, 0.25) is 0 Å². The quantitative estimate of drug-likeness (QED) is 0.790. The van der Waals surface area contributed by atoms with Gasteiger partial charge in [-0.15, -0.1) is 0 Å². The minimum atomic E-state index is -0.243. The van der Waals surface area contributed by atoms with Gasteiger partial charge in [-0.1, -0.05) is 31.3 Å². The highest BCUT2D eigenvalue weighted by Crippen LogP contribution is 2.19. The van der Waals surface area contributed by atoms with E-state index in [1.165, 1.54) is 11.3 Å². The fraction of sp³-hybridized carbons (Fsp3) is 0.471. The molecule has 124 valence electrons. The summed E-state index contributed by atoms with van der Waals surface area (Å²) in [5.41, 5.74) is 2.14. The average molecular weight is 334 g/mol. The van der Waals surface area contributed by atoms with Crippen molar-refractivity contribution >= 4 is 33.4 Å². The largest absolute Gasteiger partial charge is 0.466 e. The Balaban J connectivity index is 2.45. The maximum Gasteiger partial charge on any atom is 0.307 e. The van der Waals surface area contributed by atoms with Crippen molar-refractivity contribution in [1.82, 2.24) is 4.57 Å². The van der Waals surface area contributed by atoms with Crippen LogP contribution in [0, 0.1) is 12.8 Å². The summed E-state index contributed by atoms with van der Waals surface area (Å²) in [4.78, 5) is 28.5. The Morgan fingerprint density at radius 3 is 2.74 bits per heavy atom. The Labute approximate surface area is 139 Å². The Hall–Kier alpha value is -1.95. The number of fused-ring (bicyclic) bond motifs is 1. The number of hydrogen-bond donors (Lipinski definition) is 0. The number of benzene rings is 1. The van der Waals surface area contributed by atoms with Gasteiger partial charge in [0.05, 0.1) is 23.2 Å². The molecular weight excluding hydrogens is 312 g/mol. The van der Waals surface area contributed by atoms with Crippen molar-refractivity contribution in [2.75, 3.05) is 6.61 Å². The molecule has 0 saturated carbocycles. The van der Waals surface area contributed by atoms with E-state index in [1.54, 1.807) is 6.92 Å². The van der Waals surface area contributed by atoms with Gasteiger partial charge in [-0.25, -0.2) is 0 Å². The second kappa shape index (κ2) is 7.55. The molecule has 2 rings (SSSR count). The lowest BCUT2D eigenvalue weighted by Crippen LogP contribution is -2.20. The molecule has 1 aromatic carbocycles. The van der Waals surface area contributed by atoms with Gasteiger partial charge in [0, 0.05) is 12.5 Å². The number of carbonyl (C=O) groups is 2. The summed E-state index contributed by atoms with van der Waals surface area (Å²) < 4.78 is 7.97. The topological polar surface area (TPSA) is 60.7 Å². The zero-order valence-corrected chi connectivity index (χ0v) is 14.8. The van der Waals surface area contributed by atoms with E-state index in [-0.39, 0.29) is 24.2 Å². The lowest BCUT2D eigenvalue weighted by molar-refractivity contribution is -0.143. The van der Waals surface area contributed by atoms with E-state index in [2.05, 4.69) is 11.1 Å². The molecule has 0 spiro atoms. The van der Waals surface area contributed by atoms with Crippen molar-refractivity contribution in [1.29, 1.82) is 0 Å². The summed E-state index contributed by atoms with van der Waals surface area (Å²) in [6.45, 7) is 8.29. The van der Waals surface area contributed by atoms with Crippen molar-refractivity contribution in [3.8, 4) is 0 Å². The zero-order chi connectivity index (χ0) is 17.0. The highest BCUT2D eigenvalue weighted by Gasteiger charge is 2.12. The van der Waals surface area contributed by atoms with E-state index in [1.807, 2.05) is 37.5 Å². The van der Waals surface area contributed by atoms with Gasteiger partial charge in [-0.05, 0) is 31.5 Å². The zero-order valence-electron chi connectivity index (χ0n) is 14.0. The fourth-order valence-electron chi connectivity index (χ4n) is 2.14. The summed E-state index contributed by atoms with van der Waals surface area (Å²) in [7, 11) is 0. The molecule has 6 heteroatoms. The van der Waals surface area contributed by atoms with E-state index >= 15 is 0 Å². The van der Waals surface area contributed by atoms with Crippen LogP contribution in [0.4, 0.5) is 0 Å². The van der Waals surface area contributed by atoms with Crippen molar-refractivity contribution in [2.24, 2.45) is 10.9 Å². The number of amides is 1. The number of rotatable bonds is 5. The summed E-state index contributed by atoms with van der Waals surface area (Å²) in [5.74, 6) is -0.550. The molecular formula is C17H22N2O3S. The smallest absolute Gasteiger partial charge is 0.307 e. The van der Waals surface area contributed by atoms with Crippen LogP contribution in [-0.2, 0) is 20.9 Å². The number of aryl methyl sites for hydroxylation is 2. The third-order valence-corrected chi connectivity index (χ3v) is 4.42. The van der Waals surface area contributed by atoms with Crippen LogP contribution in [0.2, 0.25) is 0 Å². The van der Waals surface area contributed by atoms with E-state index in [0.717, 1.165) is 15.8 Å². The number of nitrogens with zero attached hydrogens (tertiary/aromatic N) is 2. The number of hydrogen-bond acceptors (Lipinski definition) is 4. The minimum absolute atomic E-state index is 0.152. The molecule has 1 heterocycles. The third kappa shape index (κ3) is 4.28. The molecule has 1 amide bonds. The number of carbonyl (C=O) groups excluding carboxylic acids is 2. The molecule has 0 aliphatic carbocycles. The monoisotopic (exact) mass is 334 g/mol. The molecule has 0 unspecified atom stereocenters. The predicted molar refractivity (Wildman–Crippen MR) is 91.2 cm³/mol. The van der Waals surface area contributed by atoms with Crippen LogP contribution in [0.25, 0.3) is 10.2 Å². The summed E-state index contributed by atoms with van der Waals surface area (Å²) in [5, 5.41) is 0. The molecule has 0 atom stereocenters. The first-order valence-electron chi connectivity index (χ1n) is 7.76. The van der Waals surface area contributed by atoms with E-state index in [9.17, 15) is 9.59 Å². The van der Waals surface area contributed by atoms with Crippen LogP contribution in [0.3, 0.4) is 0 Å². The standard InChI is InChI=1S/C17H22N2O3S/c1-5-22-15(20)8-9-19-13-7-6-12(4)10-14(13)23-17(19)18-16(21)11(2)3/h6-7,10-11H,5,8-9H2,1-4H3. The summed E-state index contributed by atoms with van der Waals surface area (Å²) in [6.07, 6.45) is 0.261. The molecule has 0 fully saturated rings. The Morgan fingerprint density at radius 1 is 1.35 bits per heavy atom. The van der Waals surface area contributed by atoms with Crippen LogP contribution in [0.15, 0.2) is 23.2 Å². The maximum absolute atomic E-state index is 12.0. The Morgan fingerprint density at radius 2 is 2.09 bits per heavy atom. The van der Waals surface area contributed by atoms with Gasteiger partial charge in [-0.2, -0.15) is 4.99 Å². The fourth-order valence-corrected chi connectivity index (χ4v) is 3.30. The summed E-state index contributed by atoms with van der Waals surface area (Å²) >= 11 is 1.47. The lowest BCUT2D eigenvalue weighted by Gasteiger charge is -2.06. The van der Waals surface area contributed by atoms with Crippen molar-refractivity contribution in [3.05, 3.63) is 28.6 Å². The summed E-state index contributed by atoms with van der Waals surface area (Å²) in [6, 6.07) is 6.09. The van der Waals surface area contributed by atoms with Gasteiger partial charge in [-0.3, -0.25) is 9.59 Å². The molecule has 0 saturated heterocycles. The molecule has 0 bridgehead atoms. The molecule has 0 aliphatic rings. The number of thiazole rings is 1. The van der Waals surface area contributed by atoms with Crippen LogP contribution in [0.1, 0.15) is 32.8 Å². The predicted octanol–water partition coefficient (Wildman–Crippen LogP) is 3.05. The third-order valence-electron chi connectivity index (χ3n) is 3.38. The maximum atomic E-state index is 12.0. The van der Waals surface area contributed by atoms with Crippen LogP contribution in [0.5, 0.6) is 0 Å². The Kier molecular flexibility index (Phi) is 5.71. The molecule has 1 aromatic heterocycles. The number of ether oxygens (including phenoxy) is 1.